The molecule has 0 aliphatic heterocycles. The van der Waals surface area contributed by atoms with E-state index in [9.17, 15) is 4.79 Å². The zero-order valence-corrected chi connectivity index (χ0v) is 11.7. The minimum absolute atomic E-state index is 0.105. The normalized spacial score (nSPS) is 10.5. The van der Waals surface area contributed by atoms with Crippen molar-refractivity contribution in [2.75, 3.05) is 17.7 Å². The third kappa shape index (κ3) is 2.31. The topological polar surface area (TPSA) is 59.2 Å². The molecule has 4 nitrogen and oxygen atoms in total. The summed E-state index contributed by atoms with van der Waals surface area (Å²) in [5.41, 5.74) is 8.64. The minimum atomic E-state index is -0.105. The third-order valence-corrected chi connectivity index (χ3v) is 3.48. The number of nitrogen functional groups attached to an aromatic ring is 1. The molecule has 0 aliphatic rings. The molecule has 0 saturated heterocycles. The van der Waals surface area contributed by atoms with Crippen molar-refractivity contribution in [1.29, 1.82) is 0 Å². The van der Waals surface area contributed by atoms with Crippen molar-refractivity contribution in [2.45, 2.75) is 0 Å². The van der Waals surface area contributed by atoms with Crippen molar-refractivity contribution in [1.82, 2.24) is 4.98 Å². The van der Waals surface area contributed by atoms with Crippen LogP contribution in [0, 0.1) is 0 Å². The number of hydrogen-bond acceptors (Lipinski definition) is 3. The van der Waals surface area contributed by atoms with E-state index >= 15 is 0 Å². The summed E-state index contributed by atoms with van der Waals surface area (Å²) >= 11 is 0. The summed E-state index contributed by atoms with van der Waals surface area (Å²) in [6.45, 7) is 0. The standard InChI is InChI=1S/C17H15N3O/c1-20(16-10-3-2-8-14(16)18)17(21)13-6-4-9-15-12(13)7-5-11-19-15/h2-11H,18H2,1H3. The Bertz CT molecular complexity index is 808. The van der Waals surface area contributed by atoms with Gasteiger partial charge in [-0.2, -0.15) is 0 Å². The van der Waals surface area contributed by atoms with Gasteiger partial charge in [-0.15, -0.1) is 0 Å². The molecule has 0 fully saturated rings. The Hall–Kier alpha value is -2.88. The van der Waals surface area contributed by atoms with Crippen LogP contribution in [0.4, 0.5) is 11.4 Å². The lowest BCUT2D eigenvalue weighted by Crippen LogP contribution is -2.27. The van der Waals surface area contributed by atoms with E-state index in [1.54, 1.807) is 24.2 Å². The number of hydrogen-bond donors (Lipinski definition) is 1. The average Bonchev–Trinajstić information content (AvgIpc) is 2.53. The van der Waals surface area contributed by atoms with Gasteiger partial charge < -0.3 is 10.6 Å². The first-order valence-electron chi connectivity index (χ1n) is 6.65. The van der Waals surface area contributed by atoms with Gasteiger partial charge in [0.25, 0.3) is 5.91 Å². The number of aromatic nitrogens is 1. The highest BCUT2D eigenvalue weighted by molar-refractivity contribution is 6.14. The van der Waals surface area contributed by atoms with E-state index in [0.717, 1.165) is 10.9 Å². The smallest absolute Gasteiger partial charge is 0.258 e. The lowest BCUT2D eigenvalue weighted by Gasteiger charge is -2.20. The van der Waals surface area contributed by atoms with Crippen LogP contribution >= 0.6 is 0 Å². The lowest BCUT2D eigenvalue weighted by atomic mass is 10.1. The average molecular weight is 277 g/mol. The van der Waals surface area contributed by atoms with Crippen molar-refractivity contribution in [2.24, 2.45) is 0 Å². The molecular formula is C17H15N3O. The first kappa shape index (κ1) is 13.1. The highest BCUT2D eigenvalue weighted by Crippen LogP contribution is 2.25. The van der Waals surface area contributed by atoms with Crippen molar-refractivity contribution in [3.8, 4) is 0 Å². The molecule has 2 N–H and O–H groups in total. The van der Waals surface area contributed by atoms with Gasteiger partial charge in [-0.25, -0.2) is 0 Å². The third-order valence-electron chi connectivity index (χ3n) is 3.48. The quantitative estimate of drug-likeness (QED) is 0.732. The fraction of sp³-hybridized carbons (Fsp3) is 0.0588. The maximum atomic E-state index is 12.8. The zero-order valence-electron chi connectivity index (χ0n) is 11.7. The van der Waals surface area contributed by atoms with Crippen LogP contribution in [0.5, 0.6) is 0 Å². The van der Waals surface area contributed by atoms with E-state index in [1.807, 2.05) is 48.5 Å². The van der Waals surface area contributed by atoms with Gasteiger partial charge in [-0.3, -0.25) is 9.78 Å². The number of rotatable bonds is 2. The molecule has 104 valence electrons. The monoisotopic (exact) mass is 277 g/mol. The Morgan fingerprint density at radius 1 is 1.05 bits per heavy atom. The van der Waals surface area contributed by atoms with Gasteiger partial charge in [0.1, 0.15) is 0 Å². The molecule has 0 unspecified atom stereocenters. The fourth-order valence-corrected chi connectivity index (χ4v) is 2.37. The van der Waals surface area contributed by atoms with Crippen LogP contribution in [0.3, 0.4) is 0 Å². The molecule has 0 bridgehead atoms. The summed E-state index contributed by atoms with van der Waals surface area (Å²) in [6.07, 6.45) is 1.72. The second kappa shape index (κ2) is 5.25. The molecule has 3 aromatic rings. The van der Waals surface area contributed by atoms with Gasteiger partial charge in [-0.1, -0.05) is 24.3 Å². The molecule has 21 heavy (non-hydrogen) atoms. The largest absolute Gasteiger partial charge is 0.397 e. The number of nitrogens with zero attached hydrogens (tertiary/aromatic N) is 2. The highest BCUT2D eigenvalue weighted by atomic mass is 16.2. The predicted molar refractivity (Wildman–Crippen MR) is 85.3 cm³/mol. The zero-order chi connectivity index (χ0) is 14.8. The Labute approximate surface area is 122 Å². The van der Waals surface area contributed by atoms with Crippen LogP contribution < -0.4 is 10.6 Å². The SMILES string of the molecule is CN(C(=O)c1cccc2ncccc12)c1ccccc1N. The molecular weight excluding hydrogens is 262 g/mol. The highest BCUT2D eigenvalue weighted by Gasteiger charge is 2.17. The molecule has 0 saturated carbocycles. The van der Waals surface area contributed by atoms with Crippen molar-refractivity contribution >= 4 is 28.2 Å². The van der Waals surface area contributed by atoms with E-state index in [-0.39, 0.29) is 5.91 Å². The summed E-state index contributed by atoms with van der Waals surface area (Å²) in [6, 6.07) is 16.6. The van der Waals surface area contributed by atoms with Crippen molar-refractivity contribution in [3.05, 3.63) is 66.4 Å². The van der Waals surface area contributed by atoms with Crippen LogP contribution in [0.15, 0.2) is 60.8 Å². The van der Waals surface area contributed by atoms with E-state index in [2.05, 4.69) is 4.98 Å². The molecule has 0 aliphatic carbocycles. The van der Waals surface area contributed by atoms with E-state index in [1.165, 1.54) is 0 Å². The molecule has 4 heteroatoms. The summed E-state index contributed by atoms with van der Waals surface area (Å²) < 4.78 is 0. The number of carbonyl (C=O) groups is 1. The van der Waals surface area contributed by atoms with Crippen LogP contribution in [0.1, 0.15) is 10.4 Å². The number of amides is 1. The van der Waals surface area contributed by atoms with Crippen molar-refractivity contribution in [3.63, 3.8) is 0 Å². The number of carbonyl (C=O) groups excluding carboxylic acids is 1. The summed E-state index contributed by atoms with van der Waals surface area (Å²) in [5.74, 6) is -0.105. The Morgan fingerprint density at radius 3 is 2.67 bits per heavy atom. The lowest BCUT2D eigenvalue weighted by molar-refractivity contribution is 0.0994. The second-order valence-corrected chi connectivity index (χ2v) is 4.80. The maximum Gasteiger partial charge on any atom is 0.258 e. The number of para-hydroxylation sites is 2. The van der Waals surface area contributed by atoms with Crippen LogP contribution in [0.25, 0.3) is 10.9 Å². The van der Waals surface area contributed by atoms with Gasteiger partial charge in [-0.05, 0) is 30.3 Å². The Kier molecular flexibility index (Phi) is 3.28. The van der Waals surface area contributed by atoms with Gasteiger partial charge in [0.15, 0.2) is 0 Å². The van der Waals surface area contributed by atoms with Gasteiger partial charge in [0.05, 0.1) is 16.9 Å². The van der Waals surface area contributed by atoms with Crippen molar-refractivity contribution < 1.29 is 4.79 Å². The number of benzene rings is 2. The molecule has 1 aromatic heterocycles. The predicted octanol–water partition coefficient (Wildman–Crippen LogP) is 3.09. The Balaban J connectivity index is 2.07. The molecule has 0 radical (unpaired) electrons. The first-order chi connectivity index (χ1) is 10.2. The molecule has 1 amide bonds. The van der Waals surface area contributed by atoms with E-state index < -0.39 is 0 Å². The summed E-state index contributed by atoms with van der Waals surface area (Å²) in [4.78, 5) is 18.6. The fourth-order valence-electron chi connectivity index (χ4n) is 2.37. The molecule has 3 rings (SSSR count). The molecule has 0 atom stereocenters. The minimum Gasteiger partial charge on any atom is -0.397 e. The van der Waals surface area contributed by atoms with Gasteiger partial charge in [0, 0.05) is 24.2 Å². The van der Waals surface area contributed by atoms with Crippen LogP contribution in [-0.2, 0) is 0 Å². The summed E-state index contributed by atoms with van der Waals surface area (Å²) in [7, 11) is 1.73. The van der Waals surface area contributed by atoms with E-state index in [0.29, 0.717) is 16.9 Å². The molecule has 2 aromatic carbocycles. The van der Waals surface area contributed by atoms with E-state index in [4.69, 9.17) is 5.73 Å². The number of nitrogens with two attached hydrogens (primary N) is 1. The second-order valence-electron chi connectivity index (χ2n) is 4.80. The number of anilines is 2. The number of pyridine rings is 1. The Morgan fingerprint density at radius 2 is 1.86 bits per heavy atom. The molecule has 1 heterocycles. The maximum absolute atomic E-state index is 12.8. The summed E-state index contributed by atoms with van der Waals surface area (Å²) in [5, 5.41) is 0.839. The van der Waals surface area contributed by atoms with Gasteiger partial charge in [0.2, 0.25) is 0 Å². The van der Waals surface area contributed by atoms with Crippen LogP contribution in [-0.4, -0.2) is 17.9 Å². The van der Waals surface area contributed by atoms with Crippen LogP contribution in [0.2, 0.25) is 0 Å². The first-order valence-corrected chi connectivity index (χ1v) is 6.65. The molecule has 0 spiro atoms. The van der Waals surface area contributed by atoms with Gasteiger partial charge >= 0.3 is 0 Å². The number of fused-ring (bicyclic) bond motifs is 1.